The third-order valence-electron chi connectivity index (χ3n) is 6.60. The SMILES string of the molecule is COc1ccccc1NC(=O)C1=C(C)Nc2c(C(=O)Nc3ccc(C)cc3)cnn2[C@@H]1c1ccc([N+](=O)[O-])cc1. The molecule has 40 heavy (non-hydrogen) atoms. The molecular weight excluding hydrogens is 512 g/mol. The smallest absolute Gasteiger partial charge is 0.269 e. The Morgan fingerprint density at radius 2 is 1.68 bits per heavy atom. The van der Waals surface area contributed by atoms with Gasteiger partial charge in [-0.3, -0.25) is 19.7 Å². The molecule has 0 aliphatic carbocycles. The number of aromatic nitrogens is 2. The average molecular weight is 539 g/mol. The number of non-ortho nitro benzene ring substituents is 1. The highest BCUT2D eigenvalue weighted by molar-refractivity contribution is 6.09. The number of anilines is 3. The molecule has 0 bridgehead atoms. The lowest BCUT2D eigenvalue weighted by molar-refractivity contribution is -0.384. The number of rotatable bonds is 7. The Bertz CT molecular complexity index is 1640. The molecule has 0 unspecified atom stereocenters. The fraction of sp³-hybridized carbons (Fsp3) is 0.138. The Kier molecular flexibility index (Phi) is 7.02. The second kappa shape index (κ2) is 10.7. The van der Waals surface area contributed by atoms with Crippen molar-refractivity contribution in [3.63, 3.8) is 0 Å². The number of nitrogens with one attached hydrogen (secondary N) is 3. The fourth-order valence-electron chi connectivity index (χ4n) is 4.57. The first kappa shape index (κ1) is 26.2. The minimum Gasteiger partial charge on any atom is -0.495 e. The predicted molar refractivity (Wildman–Crippen MR) is 151 cm³/mol. The Morgan fingerprint density at radius 3 is 2.35 bits per heavy atom. The van der Waals surface area contributed by atoms with Gasteiger partial charge in [-0.2, -0.15) is 5.10 Å². The van der Waals surface area contributed by atoms with Crippen molar-refractivity contribution in [1.29, 1.82) is 0 Å². The third kappa shape index (κ3) is 4.99. The van der Waals surface area contributed by atoms with Gasteiger partial charge in [0.2, 0.25) is 0 Å². The highest BCUT2D eigenvalue weighted by Crippen LogP contribution is 2.39. The molecule has 11 nitrogen and oxygen atoms in total. The van der Waals surface area contributed by atoms with E-state index in [1.54, 1.807) is 43.3 Å². The Hall–Kier alpha value is -5.45. The van der Waals surface area contributed by atoms with Gasteiger partial charge in [0.15, 0.2) is 0 Å². The molecule has 3 aromatic carbocycles. The van der Waals surface area contributed by atoms with Crippen LogP contribution in [0.1, 0.15) is 34.5 Å². The highest BCUT2D eigenvalue weighted by Gasteiger charge is 2.35. The lowest BCUT2D eigenvalue weighted by atomic mass is 9.94. The van der Waals surface area contributed by atoms with Crippen LogP contribution in [0.4, 0.5) is 22.9 Å². The molecular formula is C29H26N6O5. The van der Waals surface area contributed by atoms with Crippen LogP contribution in [0.3, 0.4) is 0 Å². The molecule has 1 atom stereocenters. The Balaban J connectivity index is 1.55. The normalized spacial score (nSPS) is 14.1. The van der Waals surface area contributed by atoms with Crippen LogP contribution in [0.5, 0.6) is 5.75 Å². The lowest BCUT2D eigenvalue weighted by Gasteiger charge is -2.30. The quantitative estimate of drug-likeness (QED) is 0.215. The van der Waals surface area contributed by atoms with E-state index < -0.39 is 16.9 Å². The summed E-state index contributed by atoms with van der Waals surface area (Å²) < 4.78 is 6.91. The number of fused-ring (bicyclic) bond motifs is 1. The van der Waals surface area contributed by atoms with Crippen LogP contribution >= 0.6 is 0 Å². The van der Waals surface area contributed by atoms with Gasteiger partial charge in [0.05, 0.1) is 29.5 Å². The summed E-state index contributed by atoms with van der Waals surface area (Å²) in [6.07, 6.45) is 1.43. The number of aryl methyl sites for hydroxylation is 1. The first-order chi connectivity index (χ1) is 19.3. The van der Waals surface area contributed by atoms with Gasteiger partial charge in [-0.15, -0.1) is 0 Å². The van der Waals surface area contributed by atoms with E-state index in [1.807, 2.05) is 31.2 Å². The molecule has 2 heterocycles. The first-order valence-corrected chi connectivity index (χ1v) is 12.4. The van der Waals surface area contributed by atoms with Gasteiger partial charge in [0.1, 0.15) is 23.2 Å². The minimum absolute atomic E-state index is 0.0859. The topological polar surface area (TPSA) is 140 Å². The van der Waals surface area contributed by atoms with Crippen LogP contribution in [-0.2, 0) is 4.79 Å². The summed E-state index contributed by atoms with van der Waals surface area (Å²) >= 11 is 0. The van der Waals surface area contributed by atoms with E-state index in [0.717, 1.165) is 5.56 Å². The Morgan fingerprint density at radius 1 is 0.975 bits per heavy atom. The molecule has 4 aromatic rings. The van der Waals surface area contributed by atoms with E-state index in [0.29, 0.717) is 39.8 Å². The maximum absolute atomic E-state index is 13.7. The number of nitro benzene ring substituents is 1. The molecule has 0 spiro atoms. The molecule has 0 radical (unpaired) electrons. The summed E-state index contributed by atoms with van der Waals surface area (Å²) in [6.45, 7) is 3.69. The van der Waals surface area contributed by atoms with Gasteiger partial charge < -0.3 is 20.7 Å². The third-order valence-corrected chi connectivity index (χ3v) is 6.60. The van der Waals surface area contributed by atoms with E-state index in [2.05, 4.69) is 21.0 Å². The van der Waals surface area contributed by atoms with Crippen molar-refractivity contribution in [3.05, 3.63) is 117 Å². The van der Waals surface area contributed by atoms with Crippen LogP contribution in [-0.4, -0.2) is 33.6 Å². The van der Waals surface area contributed by atoms with Gasteiger partial charge in [0, 0.05) is 23.5 Å². The highest BCUT2D eigenvalue weighted by atomic mass is 16.6. The standard InChI is InChI=1S/C29H26N6O5/c1-17-8-12-20(13-9-17)32-28(36)22-16-30-34-26(19-10-14-21(15-11-19)35(38)39)25(18(2)31-27(22)34)29(37)33-23-6-4-5-7-24(23)40-3/h4-16,26,31H,1-3H3,(H,32,36)(H,33,37)/t26-/m1/s1. The van der Waals surface area contributed by atoms with Gasteiger partial charge in [-0.25, -0.2) is 4.68 Å². The van der Waals surface area contributed by atoms with Crippen LogP contribution in [0.25, 0.3) is 0 Å². The molecule has 0 saturated carbocycles. The summed E-state index contributed by atoms with van der Waals surface area (Å²) in [5.41, 5.74) is 3.74. The van der Waals surface area contributed by atoms with Crippen molar-refractivity contribution in [2.45, 2.75) is 19.9 Å². The first-order valence-electron chi connectivity index (χ1n) is 12.4. The average Bonchev–Trinajstić information content (AvgIpc) is 3.37. The molecule has 202 valence electrons. The van der Waals surface area contributed by atoms with Crippen LogP contribution in [0.2, 0.25) is 0 Å². The number of methoxy groups -OCH3 is 1. The number of benzene rings is 3. The zero-order chi connectivity index (χ0) is 28.4. The van der Waals surface area contributed by atoms with Gasteiger partial charge >= 0.3 is 0 Å². The summed E-state index contributed by atoms with van der Waals surface area (Å²) in [6, 6.07) is 19.5. The zero-order valence-corrected chi connectivity index (χ0v) is 22.0. The van der Waals surface area contributed by atoms with Crippen molar-refractivity contribution in [1.82, 2.24) is 9.78 Å². The van der Waals surface area contributed by atoms with Crippen LogP contribution < -0.4 is 20.7 Å². The number of carbonyl (C=O) groups is 2. The largest absolute Gasteiger partial charge is 0.495 e. The van der Waals surface area contributed by atoms with E-state index in [9.17, 15) is 19.7 Å². The number of nitro groups is 1. The number of hydrogen-bond donors (Lipinski definition) is 3. The summed E-state index contributed by atoms with van der Waals surface area (Å²) in [4.78, 5) is 37.8. The second-order valence-corrected chi connectivity index (χ2v) is 9.24. The molecule has 0 fully saturated rings. The summed E-state index contributed by atoms with van der Waals surface area (Å²) in [5, 5.41) is 24.7. The lowest BCUT2D eigenvalue weighted by Crippen LogP contribution is -2.32. The molecule has 11 heteroatoms. The van der Waals surface area contributed by atoms with Crippen molar-refractivity contribution in [2.75, 3.05) is 23.1 Å². The fourth-order valence-corrected chi connectivity index (χ4v) is 4.57. The number of nitrogens with zero attached hydrogens (tertiary/aromatic N) is 3. The van der Waals surface area contributed by atoms with Crippen LogP contribution in [0, 0.1) is 17.0 Å². The van der Waals surface area contributed by atoms with E-state index in [4.69, 9.17) is 4.74 Å². The molecule has 5 rings (SSSR count). The number of carbonyl (C=O) groups excluding carboxylic acids is 2. The molecule has 1 aromatic heterocycles. The zero-order valence-electron chi connectivity index (χ0n) is 22.0. The monoisotopic (exact) mass is 538 g/mol. The van der Waals surface area contributed by atoms with E-state index >= 15 is 0 Å². The number of ether oxygens (including phenoxy) is 1. The minimum atomic E-state index is -0.785. The molecule has 1 aliphatic heterocycles. The molecule has 2 amide bonds. The number of allylic oxidation sites excluding steroid dienone is 1. The summed E-state index contributed by atoms with van der Waals surface area (Å²) in [7, 11) is 1.51. The predicted octanol–water partition coefficient (Wildman–Crippen LogP) is 5.29. The van der Waals surface area contributed by atoms with Crippen molar-refractivity contribution in [2.24, 2.45) is 0 Å². The van der Waals surface area contributed by atoms with Gasteiger partial charge in [0.25, 0.3) is 17.5 Å². The number of hydrogen-bond acceptors (Lipinski definition) is 7. The molecule has 3 N–H and O–H groups in total. The maximum atomic E-state index is 13.7. The maximum Gasteiger partial charge on any atom is 0.269 e. The Labute approximate surface area is 229 Å². The number of para-hydroxylation sites is 2. The van der Waals surface area contributed by atoms with E-state index in [-0.39, 0.29) is 17.2 Å². The summed E-state index contributed by atoms with van der Waals surface area (Å²) in [5.74, 6) is 0.0679. The van der Waals surface area contributed by atoms with Crippen molar-refractivity contribution >= 4 is 34.7 Å². The van der Waals surface area contributed by atoms with Crippen molar-refractivity contribution < 1.29 is 19.2 Å². The van der Waals surface area contributed by atoms with E-state index in [1.165, 1.54) is 30.1 Å². The van der Waals surface area contributed by atoms with Gasteiger partial charge in [-0.05, 0) is 55.8 Å². The molecule has 1 aliphatic rings. The van der Waals surface area contributed by atoms with Gasteiger partial charge in [-0.1, -0.05) is 29.8 Å². The van der Waals surface area contributed by atoms with Crippen molar-refractivity contribution in [3.8, 4) is 5.75 Å². The second-order valence-electron chi connectivity index (χ2n) is 9.24. The number of amides is 2. The van der Waals surface area contributed by atoms with Crippen LogP contribution in [0.15, 0.2) is 90.3 Å². The molecule has 0 saturated heterocycles.